The third kappa shape index (κ3) is 4.55. The smallest absolute Gasteiger partial charge is 0.161 e. The number of hydrogen-bond acceptors (Lipinski definition) is 4. The molecule has 0 saturated heterocycles. The molecular formula is C14H22O4. The minimum absolute atomic E-state index is 0.490. The molecule has 1 rings (SSSR count). The molecule has 4 heteroatoms. The largest absolute Gasteiger partial charge is 0.493 e. The fourth-order valence-corrected chi connectivity index (χ4v) is 1.52. The first-order valence-electron chi connectivity index (χ1n) is 6.25. The van der Waals surface area contributed by atoms with E-state index in [9.17, 15) is 5.11 Å². The molecular weight excluding hydrogens is 232 g/mol. The van der Waals surface area contributed by atoms with Crippen molar-refractivity contribution in [2.75, 3.05) is 26.9 Å². The van der Waals surface area contributed by atoms with Gasteiger partial charge >= 0.3 is 0 Å². The number of hydrogen-bond donors (Lipinski definition) is 1. The Hall–Kier alpha value is -1.26. The summed E-state index contributed by atoms with van der Waals surface area (Å²) in [5, 5.41) is 9.49. The molecule has 0 saturated carbocycles. The Bertz CT molecular complexity index is 350. The molecule has 0 fully saturated rings. The predicted octanol–water partition coefficient (Wildman–Crippen LogP) is 2.55. The van der Waals surface area contributed by atoms with Crippen molar-refractivity contribution in [3.05, 3.63) is 23.8 Å². The highest BCUT2D eigenvalue weighted by atomic mass is 16.5. The van der Waals surface area contributed by atoms with Gasteiger partial charge in [-0.1, -0.05) is 13.0 Å². The van der Waals surface area contributed by atoms with Gasteiger partial charge < -0.3 is 19.3 Å². The minimum atomic E-state index is -0.513. The van der Waals surface area contributed by atoms with Crippen LogP contribution in [0.25, 0.3) is 0 Å². The summed E-state index contributed by atoms with van der Waals surface area (Å²) in [5.74, 6) is 1.30. The van der Waals surface area contributed by atoms with Crippen molar-refractivity contribution in [2.24, 2.45) is 0 Å². The second-order valence-corrected chi connectivity index (χ2v) is 4.05. The number of aliphatic hydroxyl groups excluding tert-OH is 1. The van der Waals surface area contributed by atoms with Gasteiger partial charge in [0.15, 0.2) is 11.5 Å². The van der Waals surface area contributed by atoms with Crippen molar-refractivity contribution in [3.8, 4) is 11.5 Å². The van der Waals surface area contributed by atoms with Gasteiger partial charge in [0.1, 0.15) is 6.61 Å². The van der Waals surface area contributed by atoms with E-state index < -0.39 is 6.10 Å². The van der Waals surface area contributed by atoms with Crippen LogP contribution >= 0.6 is 0 Å². The summed E-state index contributed by atoms with van der Waals surface area (Å²) in [6.07, 6.45) is 0.493. The molecule has 0 radical (unpaired) electrons. The van der Waals surface area contributed by atoms with Crippen LogP contribution in [0, 0.1) is 0 Å². The minimum Gasteiger partial charge on any atom is -0.493 e. The fourth-order valence-electron chi connectivity index (χ4n) is 1.52. The Morgan fingerprint density at radius 3 is 2.56 bits per heavy atom. The summed E-state index contributed by atoms with van der Waals surface area (Å²) in [5.41, 5.74) is 0.807. The third-order valence-electron chi connectivity index (χ3n) is 2.50. The molecule has 0 aliphatic rings. The topological polar surface area (TPSA) is 47.9 Å². The average Bonchev–Trinajstić information content (AvgIpc) is 2.38. The van der Waals surface area contributed by atoms with Gasteiger partial charge in [-0.25, -0.2) is 0 Å². The normalized spacial score (nSPS) is 12.2. The van der Waals surface area contributed by atoms with Crippen molar-refractivity contribution in [2.45, 2.75) is 26.4 Å². The number of aliphatic hydroxyl groups is 1. The molecule has 102 valence electrons. The zero-order valence-corrected chi connectivity index (χ0v) is 11.3. The summed E-state index contributed by atoms with van der Waals surface area (Å²) >= 11 is 0. The van der Waals surface area contributed by atoms with E-state index in [1.54, 1.807) is 26.2 Å². The lowest BCUT2D eigenvalue weighted by Crippen LogP contribution is -2.08. The van der Waals surface area contributed by atoms with Gasteiger partial charge in [-0.2, -0.15) is 0 Å². The lowest BCUT2D eigenvalue weighted by Gasteiger charge is -2.13. The first-order chi connectivity index (χ1) is 8.69. The third-order valence-corrected chi connectivity index (χ3v) is 2.50. The van der Waals surface area contributed by atoms with Crippen LogP contribution in [0.15, 0.2) is 18.2 Å². The average molecular weight is 254 g/mol. The van der Waals surface area contributed by atoms with Gasteiger partial charge in [0.2, 0.25) is 0 Å². The molecule has 0 bridgehead atoms. The summed E-state index contributed by atoms with van der Waals surface area (Å²) < 4.78 is 16.1. The standard InChI is InChI=1S/C14H22O4/c1-4-7-17-8-9-18-13-6-5-12(11(2)15)10-14(13)16-3/h5-6,10-11,15H,4,7-9H2,1-3H3/t11-/m0/s1. The molecule has 4 nitrogen and oxygen atoms in total. The molecule has 0 aromatic heterocycles. The predicted molar refractivity (Wildman–Crippen MR) is 70.2 cm³/mol. The van der Waals surface area contributed by atoms with Crippen molar-refractivity contribution >= 4 is 0 Å². The lowest BCUT2D eigenvalue weighted by atomic mass is 10.1. The van der Waals surface area contributed by atoms with E-state index in [2.05, 4.69) is 6.92 Å². The van der Waals surface area contributed by atoms with Crippen LogP contribution in [0.2, 0.25) is 0 Å². The van der Waals surface area contributed by atoms with Crippen molar-refractivity contribution in [1.29, 1.82) is 0 Å². The Morgan fingerprint density at radius 2 is 1.94 bits per heavy atom. The number of benzene rings is 1. The fraction of sp³-hybridized carbons (Fsp3) is 0.571. The first-order valence-corrected chi connectivity index (χ1v) is 6.25. The van der Waals surface area contributed by atoms with Gasteiger partial charge in [-0.3, -0.25) is 0 Å². The first kappa shape index (κ1) is 14.8. The molecule has 1 N–H and O–H groups in total. The van der Waals surface area contributed by atoms with E-state index in [1.165, 1.54) is 0 Å². The van der Waals surface area contributed by atoms with Crippen LogP contribution in [0.4, 0.5) is 0 Å². The van der Waals surface area contributed by atoms with Gasteiger partial charge in [0.05, 0.1) is 19.8 Å². The van der Waals surface area contributed by atoms with E-state index in [4.69, 9.17) is 14.2 Å². The van der Waals surface area contributed by atoms with Gasteiger partial charge in [-0.05, 0) is 31.0 Å². The molecule has 0 amide bonds. The van der Waals surface area contributed by atoms with Crippen LogP contribution in [0.3, 0.4) is 0 Å². The zero-order valence-electron chi connectivity index (χ0n) is 11.3. The molecule has 0 spiro atoms. The number of methoxy groups -OCH3 is 1. The van der Waals surface area contributed by atoms with E-state index >= 15 is 0 Å². The highest BCUT2D eigenvalue weighted by Crippen LogP contribution is 2.30. The molecule has 1 atom stereocenters. The van der Waals surface area contributed by atoms with Gasteiger partial charge in [0.25, 0.3) is 0 Å². The molecule has 0 heterocycles. The highest BCUT2D eigenvalue weighted by Gasteiger charge is 2.08. The maximum atomic E-state index is 9.49. The van der Waals surface area contributed by atoms with Crippen LogP contribution in [-0.4, -0.2) is 32.0 Å². The summed E-state index contributed by atoms with van der Waals surface area (Å²) in [7, 11) is 1.58. The maximum absolute atomic E-state index is 9.49. The Labute approximate surface area is 108 Å². The van der Waals surface area contributed by atoms with Crippen LogP contribution in [0.5, 0.6) is 11.5 Å². The molecule has 0 aliphatic carbocycles. The molecule has 0 aliphatic heterocycles. The van der Waals surface area contributed by atoms with E-state index in [0.29, 0.717) is 24.7 Å². The summed E-state index contributed by atoms with van der Waals surface area (Å²) in [6, 6.07) is 5.42. The Morgan fingerprint density at radius 1 is 1.17 bits per heavy atom. The van der Waals surface area contributed by atoms with Crippen LogP contribution in [-0.2, 0) is 4.74 Å². The second kappa shape index (κ2) is 7.95. The van der Waals surface area contributed by atoms with E-state index in [1.807, 2.05) is 6.07 Å². The maximum Gasteiger partial charge on any atom is 0.161 e. The summed E-state index contributed by atoms with van der Waals surface area (Å²) in [4.78, 5) is 0. The quantitative estimate of drug-likeness (QED) is 0.724. The monoisotopic (exact) mass is 254 g/mol. The van der Waals surface area contributed by atoms with Crippen molar-refractivity contribution in [3.63, 3.8) is 0 Å². The van der Waals surface area contributed by atoms with E-state index in [-0.39, 0.29) is 0 Å². The lowest BCUT2D eigenvalue weighted by molar-refractivity contribution is 0.0994. The number of ether oxygens (including phenoxy) is 3. The Kier molecular flexibility index (Phi) is 6.54. The van der Waals surface area contributed by atoms with Crippen molar-refractivity contribution in [1.82, 2.24) is 0 Å². The van der Waals surface area contributed by atoms with Gasteiger partial charge in [0, 0.05) is 6.61 Å². The zero-order chi connectivity index (χ0) is 13.4. The van der Waals surface area contributed by atoms with Crippen LogP contribution in [0.1, 0.15) is 31.9 Å². The SMILES string of the molecule is CCCOCCOc1ccc([C@H](C)O)cc1OC. The van der Waals surface area contributed by atoms with E-state index in [0.717, 1.165) is 18.6 Å². The van der Waals surface area contributed by atoms with Gasteiger partial charge in [-0.15, -0.1) is 0 Å². The number of rotatable bonds is 8. The molecule has 1 aromatic rings. The second-order valence-electron chi connectivity index (χ2n) is 4.05. The molecule has 0 unspecified atom stereocenters. The Balaban J connectivity index is 2.54. The van der Waals surface area contributed by atoms with Crippen molar-refractivity contribution < 1.29 is 19.3 Å². The summed E-state index contributed by atoms with van der Waals surface area (Å²) in [6.45, 7) is 5.59. The molecule has 18 heavy (non-hydrogen) atoms. The van der Waals surface area contributed by atoms with Crippen LogP contribution < -0.4 is 9.47 Å². The molecule has 1 aromatic carbocycles. The highest BCUT2D eigenvalue weighted by molar-refractivity contribution is 5.43.